The largest absolute Gasteiger partial charge is 0.481 e. The highest BCUT2D eigenvalue weighted by molar-refractivity contribution is 7.78. The van der Waals surface area contributed by atoms with E-state index in [1.54, 1.807) is 19.5 Å². The average Bonchev–Trinajstić information content (AvgIpc) is 2.40. The van der Waals surface area contributed by atoms with E-state index < -0.39 is 0 Å². The Morgan fingerprint density at radius 3 is 2.78 bits per heavy atom. The first kappa shape index (κ1) is 13.4. The molecule has 0 amide bonds. The molecule has 6 heteroatoms. The summed E-state index contributed by atoms with van der Waals surface area (Å²) in [6, 6.07) is 1.93. The summed E-state index contributed by atoms with van der Waals surface area (Å²) < 4.78 is 8.20. The smallest absolute Gasteiger partial charge is 0.222 e. The van der Waals surface area contributed by atoms with Gasteiger partial charge in [-0.2, -0.15) is 0 Å². The average molecular weight is 284 g/mol. The van der Waals surface area contributed by atoms with Gasteiger partial charge in [0.25, 0.3) is 0 Å². The lowest BCUT2D eigenvalue weighted by molar-refractivity contribution is 0.403. The Labute approximate surface area is 116 Å². The highest BCUT2D eigenvalue weighted by Gasteiger charge is 2.15. The molecule has 96 valence electrons. The summed E-state index contributed by atoms with van der Waals surface area (Å²) in [4.78, 5) is 8.37. The van der Waals surface area contributed by atoms with Crippen LogP contribution >= 0.6 is 24.4 Å². The fourth-order valence-corrected chi connectivity index (χ4v) is 2.41. The van der Waals surface area contributed by atoms with E-state index in [2.05, 4.69) is 34.4 Å². The van der Waals surface area contributed by atoms with E-state index in [-0.39, 0.29) is 6.04 Å². The lowest BCUT2D eigenvalue weighted by Crippen LogP contribution is -2.11. The predicted octanol–water partition coefficient (Wildman–Crippen LogP) is 3.18. The number of hydrogen-bond donors (Lipinski definition) is 2. The second kappa shape index (κ2) is 5.73. The number of halogens is 1. The third-order valence-electron chi connectivity index (χ3n) is 2.87. The first-order chi connectivity index (χ1) is 8.71. The number of fused-ring (bicyclic) bond motifs is 1. The van der Waals surface area contributed by atoms with Gasteiger partial charge in [-0.25, -0.2) is 9.97 Å². The molecular formula is C12H14ClN3OS. The minimum absolute atomic E-state index is 0.104. The lowest BCUT2D eigenvalue weighted by Gasteiger charge is -2.16. The molecule has 0 unspecified atom stereocenters. The molecule has 0 aromatic carbocycles. The number of methoxy groups -OCH3 is 1. The van der Waals surface area contributed by atoms with Crippen molar-refractivity contribution in [2.45, 2.75) is 19.4 Å². The number of rotatable bonds is 4. The van der Waals surface area contributed by atoms with Crippen molar-refractivity contribution in [3.63, 3.8) is 0 Å². The molecule has 0 saturated heterocycles. The van der Waals surface area contributed by atoms with Gasteiger partial charge in [-0.15, -0.1) is 0 Å². The molecule has 1 atom stereocenters. The maximum Gasteiger partial charge on any atom is 0.222 e. The van der Waals surface area contributed by atoms with Crippen LogP contribution in [0.25, 0.3) is 10.8 Å². The van der Waals surface area contributed by atoms with Crippen molar-refractivity contribution in [3.05, 3.63) is 29.2 Å². The number of thiol groups is 1. The molecule has 2 heterocycles. The van der Waals surface area contributed by atoms with Gasteiger partial charge in [0.05, 0.1) is 12.5 Å². The molecule has 0 spiro atoms. The highest BCUT2D eigenvalue weighted by Crippen LogP contribution is 2.31. The van der Waals surface area contributed by atoms with Gasteiger partial charge in [0.1, 0.15) is 5.15 Å². The van der Waals surface area contributed by atoms with Gasteiger partial charge in [-0.3, -0.25) is 4.72 Å². The standard InChI is InChI=1S/C12H14ClN3OS/c1-3-10(16-18)8-5-15-12(17-2)9-6-14-11(13)4-7(8)9/h4-6,10,16,18H,3H2,1-2H3/t10-/m1/s1. The van der Waals surface area contributed by atoms with E-state index in [4.69, 9.17) is 16.3 Å². The van der Waals surface area contributed by atoms with Crippen molar-refractivity contribution >= 4 is 35.2 Å². The van der Waals surface area contributed by atoms with E-state index >= 15 is 0 Å². The molecule has 2 aromatic rings. The maximum atomic E-state index is 5.97. The molecule has 0 fully saturated rings. The minimum Gasteiger partial charge on any atom is -0.481 e. The van der Waals surface area contributed by atoms with Gasteiger partial charge in [-0.05, 0) is 23.4 Å². The summed E-state index contributed by atoms with van der Waals surface area (Å²) in [5.41, 5.74) is 1.03. The summed E-state index contributed by atoms with van der Waals surface area (Å²) in [6.07, 6.45) is 4.36. The van der Waals surface area contributed by atoms with E-state index in [0.29, 0.717) is 11.0 Å². The molecule has 0 aliphatic carbocycles. The molecule has 1 N–H and O–H groups in total. The molecule has 0 aliphatic heterocycles. The minimum atomic E-state index is 0.104. The normalized spacial score (nSPS) is 12.7. The molecule has 4 nitrogen and oxygen atoms in total. The van der Waals surface area contributed by atoms with E-state index in [1.807, 2.05) is 6.07 Å². The van der Waals surface area contributed by atoms with E-state index in [9.17, 15) is 0 Å². The summed E-state index contributed by atoms with van der Waals surface area (Å²) in [7, 11) is 1.59. The van der Waals surface area contributed by atoms with Crippen molar-refractivity contribution in [2.24, 2.45) is 0 Å². The third-order valence-corrected chi connectivity index (χ3v) is 3.38. The monoisotopic (exact) mass is 283 g/mol. The Morgan fingerprint density at radius 2 is 2.17 bits per heavy atom. The first-order valence-electron chi connectivity index (χ1n) is 5.59. The van der Waals surface area contributed by atoms with Crippen LogP contribution in [0.15, 0.2) is 18.5 Å². The molecular weight excluding hydrogens is 270 g/mol. The van der Waals surface area contributed by atoms with Crippen molar-refractivity contribution < 1.29 is 4.74 Å². The molecule has 2 aromatic heterocycles. The Balaban J connectivity index is 2.71. The molecule has 0 bridgehead atoms. The van der Waals surface area contributed by atoms with Crippen LogP contribution in [0.1, 0.15) is 24.9 Å². The van der Waals surface area contributed by atoms with Crippen LogP contribution in [-0.2, 0) is 0 Å². The fraction of sp³-hybridized carbons (Fsp3) is 0.333. The SMILES string of the molecule is CC[C@@H](NS)c1cnc(OC)c2cnc(Cl)cc12. The number of hydrogen-bond acceptors (Lipinski definition) is 5. The van der Waals surface area contributed by atoms with Crippen LogP contribution in [0.2, 0.25) is 5.15 Å². The van der Waals surface area contributed by atoms with Crippen molar-refractivity contribution in [1.82, 2.24) is 14.7 Å². The summed E-state index contributed by atoms with van der Waals surface area (Å²) in [6.45, 7) is 2.08. The molecule has 2 rings (SSSR count). The van der Waals surface area contributed by atoms with E-state index in [0.717, 1.165) is 22.8 Å². The Bertz CT molecular complexity index is 560. The second-order valence-electron chi connectivity index (χ2n) is 3.87. The van der Waals surface area contributed by atoms with Crippen molar-refractivity contribution in [3.8, 4) is 5.88 Å². The van der Waals surface area contributed by atoms with Gasteiger partial charge >= 0.3 is 0 Å². The zero-order valence-corrected chi connectivity index (χ0v) is 11.8. The van der Waals surface area contributed by atoms with Crippen LogP contribution < -0.4 is 9.46 Å². The predicted molar refractivity (Wildman–Crippen MR) is 76.3 cm³/mol. The number of nitrogens with one attached hydrogen (secondary N) is 1. The van der Waals surface area contributed by atoms with Gasteiger partial charge in [0, 0.05) is 18.4 Å². The number of pyridine rings is 2. The maximum absolute atomic E-state index is 5.97. The van der Waals surface area contributed by atoms with Crippen LogP contribution in [-0.4, -0.2) is 17.1 Å². The van der Waals surface area contributed by atoms with Crippen molar-refractivity contribution in [2.75, 3.05) is 7.11 Å². The number of aromatic nitrogens is 2. The number of ether oxygens (including phenoxy) is 1. The second-order valence-corrected chi connectivity index (χ2v) is 4.51. The fourth-order valence-electron chi connectivity index (χ4n) is 1.93. The molecule has 0 saturated carbocycles. The third kappa shape index (κ3) is 2.39. The van der Waals surface area contributed by atoms with Gasteiger partial charge < -0.3 is 4.74 Å². The lowest BCUT2D eigenvalue weighted by atomic mass is 10.0. The van der Waals surface area contributed by atoms with Gasteiger partial charge in [0.15, 0.2) is 0 Å². The molecule has 0 radical (unpaired) electrons. The van der Waals surface area contributed by atoms with Gasteiger partial charge in [-0.1, -0.05) is 31.3 Å². The highest BCUT2D eigenvalue weighted by atomic mass is 35.5. The van der Waals surface area contributed by atoms with Crippen LogP contribution in [0.4, 0.5) is 0 Å². The Kier molecular flexibility index (Phi) is 4.27. The zero-order valence-electron chi connectivity index (χ0n) is 10.1. The Morgan fingerprint density at radius 1 is 1.39 bits per heavy atom. The van der Waals surface area contributed by atoms with E-state index in [1.165, 1.54) is 0 Å². The van der Waals surface area contributed by atoms with Crippen molar-refractivity contribution in [1.29, 1.82) is 0 Å². The molecule has 18 heavy (non-hydrogen) atoms. The molecule has 0 aliphatic rings. The van der Waals surface area contributed by atoms with Crippen LogP contribution in [0.5, 0.6) is 5.88 Å². The Hall–Kier alpha value is -1.04. The first-order valence-corrected chi connectivity index (χ1v) is 6.41. The quantitative estimate of drug-likeness (QED) is 0.668. The number of nitrogens with zero attached hydrogens (tertiary/aromatic N) is 2. The summed E-state index contributed by atoms with van der Waals surface area (Å²) in [5, 5.41) is 2.28. The van der Waals surface area contributed by atoms with Crippen LogP contribution in [0.3, 0.4) is 0 Å². The topological polar surface area (TPSA) is 47.0 Å². The van der Waals surface area contributed by atoms with Gasteiger partial charge in [0.2, 0.25) is 5.88 Å². The zero-order chi connectivity index (χ0) is 13.1. The van der Waals surface area contributed by atoms with Crippen LogP contribution in [0, 0.1) is 0 Å². The summed E-state index contributed by atoms with van der Waals surface area (Å²) in [5.74, 6) is 0.548. The summed E-state index contributed by atoms with van der Waals surface area (Å²) >= 11 is 10.1.